The van der Waals surface area contributed by atoms with Crippen LogP contribution in [0.2, 0.25) is 0 Å². The van der Waals surface area contributed by atoms with Gasteiger partial charge in [-0.25, -0.2) is 4.98 Å². The lowest BCUT2D eigenvalue weighted by molar-refractivity contribution is -0.116. The summed E-state index contributed by atoms with van der Waals surface area (Å²) in [7, 11) is 0. The van der Waals surface area contributed by atoms with E-state index in [1.54, 1.807) is 6.20 Å². The van der Waals surface area contributed by atoms with E-state index in [2.05, 4.69) is 15.6 Å². The van der Waals surface area contributed by atoms with Gasteiger partial charge in [0.25, 0.3) is 0 Å². The first-order valence-electron chi connectivity index (χ1n) is 4.65. The number of amides is 1. The maximum Gasteiger partial charge on any atom is 0.227 e. The van der Waals surface area contributed by atoms with Crippen molar-refractivity contribution in [2.75, 3.05) is 18.4 Å². The molecule has 1 aromatic heterocycles. The molecule has 0 bridgehead atoms. The summed E-state index contributed by atoms with van der Waals surface area (Å²) in [5, 5.41) is 6.53. The van der Waals surface area contributed by atoms with Crippen molar-refractivity contribution in [3.63, 3.8) is 0 Å². The van der Waals surface area contributed by atoms with Gasteiger partial charge in [-0.15, -0.1) is 11.3 Å². The number of aryl methyl sites for hydroxylation is 1. The Morgan fingerprint density at radius 1 is 1.64 bits per heavy atom. The largest absolute Gasteiger partial charge is 0.316 e. The van der Waals surface area contributed by atoms with Gasteiger partial charge in [-0.05, 0) is 13.5 Å². The minimum Gasteiger partial charge on any atom is -0.316 e. The van der Waals surface area contributed by atoms with Crippen LogP contribution in [0.1, 0.15) is 18.2 Å². The molecule has 2 N–H and O–H groups in total. The second-order valence-electron chi connectivity index (χ2n) is 2.93. The van der Waals surface area contributed by atoms with Crippen LogP contribution < -0.4 is 10.6 Å². The number of nitrogens with zero attached hydrogens (tertiary/aromatic N) is 1. The van der Waals surface area contributed by atoms with E-state index in [9.17, 15) is 4.79 Å². The van der Waals surface area contributed by atoms with Crippen molar-refractivity contribution in [3.05, 3.63) is 11.1 Å². The van der Waals surface area contributed by atoms with Crippen LogP contribution in [0.25, 0.3) is 0 Å². The van der Waals surface area contributed by atoms with Crippen LogP contribution >= 0.6 is 11.3 Å². The summed E-state index contributed by atoms with van der Waals surface area (Å²) in [6, 6.07) is 0. The fourth-order valence-corrected chi connectivity index (χ4v) is 1.65. The predicted molar refractivity (Wildman–Crippen MR) is 58.6 cm³/mol. The first-order chi connectivity index (χ1) is 6.72. The van der Waals surface area contributed by atoms with E-state index in [4.69, 9.17) is 0 Å². The lowest BCUT2D eigenvalue weighted by atomic mass is 10.4. The standard InChI is InChI=1S/C9H15N3OS/c1-3-10-5-4-8(13)12-9-11-6-7(2)14-9/h6,10H,3-5H2,1-2H3,(H,11,12,13). The van der Waals surface area contributed by atoms with E-state index in [0.717, 1.165) is 11.4 Å². The highest BCUT2D eigenvalue weighted by Crippen LogP contribution is 2.16. The monoisotopic (exact) mass is 213 g/mol. The SMILES string of the molecule is CCNCCC(=O)Nc1ncc(C)s1. The molecule has 0 atom stereocenters. The third-order valence-electron chi connectivity index (χ3n) is 1.65. The molecule has 0 aromatic carbocycles. The highest BCUT2D eigenvalue weighted by atomic mass is 32.1. The maximum absolute atomic E-state index is 11.3. The zero-order valence-corrected chi connectivity index (χ0v) is 9.28. The van der Waals surface area contributed by atoms with Crippen molar-refractivity contribution < 1.29 is 4.79 Å². The van der Waals surface area contributed by atoms with Crippen LogP contribution in [0.15, 0.2) is 6.20 Å². The molecule has 1 rings (SSSR count). The smallest absolute Gasteiger partial charge is 0.227 e. The Balaban J connectivity index is 2.27. The van der Waals surface area contributed by atoms with Crippen LogP contribution in [0.3, 0.4) is 0 Å². The number of nitrogens with one attached hydrogen (secondary N) is 2. The van der Waals surface area contributed by atoms with Crippen molar-refractivity contribution in [2.24, 2.45) is 0 Å². The highest BCUT2D eigenvalue weighted by molar-refractivity contribution is 7.15. The summed E-state index contributed by atoms with van der Waals surface area (Å²) >= 11 is 1.49. The average molecular weight is 213 g/mol. The number of anilines is 1. The van der Waals surface area contributed by atoms with Crippen molar-refractivity contribution in [3.8, 4) is 0 Å². The van der Waals surface area contributed by atoms with E-state index >= 15 is 0 Å². The van der Waals surface area contributed by atoms with Gasteiger partial charge >= 0.3 is 0 Å². The molecule has 0 spiro atoms. The molecular weight excluding hydrogens is 198 g/mol. The summed E-state index contributed by atoms with van der Waals surface area (Å²) in [5.74, 6) is 0.0142. The molecule has 0 saturated carbocycles. The lowest BCUT2D eigenvalue weighted by Crippen LogP contribution is -2.21. The van der Waals surface area contributed by atoms with Crippen LogP contribution in [0.4, 0.5) is 5.13 Å². The predicted octanol–water partition coefficient (Wildman–Crippen LogP) is 1.39. The molecule has 5 heteroatoms. The quantitative estimate of drug-likeness (QED) is 0.727. The summed E-state index contributed by atoms with van der Waals surface area (Å²) in [5.41, 5.74) is 0. The normalized spacial score (nSPS) is 10.1. The van der Waals surface area contributed by atoms with Crippen molar-refractivity contribution >= 4 is 22.4 Å². The Hall–Kier alpha value is -0.940. The van der Waals surface area contributed by atoms with Gasteiger partial charge in [-0.3, -0.25) is 4.79 Å². The van der Waals surface area contributed by atoms with E-state index in [-0.39, 0.29) is 5.91 Å². The van der Waals surface area contributed by atoms with E-state index in [1.165, 1.54) is 11.3 Å². The second-order valence-corrected chi connectivity index (χ2v) is 4.16. The van der Waals surface area contributed by atoms with E-state index in [1.807, 2.05) is 13.8 Å². The van der Waals surface area contributed by atoms with Crippen LogP contribution in [-0.4, -0.2) is 24.0 Å². The second kappa shape index (κ2) is 5.72. The van der Waals surface area contributed by atoms with Gasteiger partial charge in [0.15, 0.2) is 5.13 Å². The number of carbonyl (C=O) groups excluding carboxylic acids is 1. The Kier molecular flexibility index (Phi) is 4.55. The molecule has 0 saturated heterocycles. The topological polar surface area (TPSA) is 54.0 Å². The molecule has 14 heavy (non-hydrogen) atoms. The van der Waals surface area contributed by atoms with Crippen molar-refractivity contribution in [1.82, 2.24) is 10.3 Å². The van der Waals surface area contributed by atoms with Gasteiger partial charge in [0.05, 0.1) is 0 Å². The number of hydrogen-bond acceptors (Lipinski definition) is 4. The van der Waals surface area contributed by atoms with E-state index in [0.29, 0.717) is 18.1 Å². The molecule has 0 aliphatic carbocycles. The summed E-state index contributed by atoms with van der Waals surface area (Å²) in [4.78, 5) is 16.5. The zero-order chi connectivity index (χ0) is 10.4. The first kappa shape index (κ1) is 11.1. The Morgan fingerprint density at radius 3 is 3.00 bits per heavy atom. The third-order valence-corrected chi connectivity index (χ3v) is 2.47. The number of carbonyl (C=O) groups is 1. The molecule has 78 valence electrons. The lowest BCUT2D eigenvalue weighted by Gasteiger charge is -2.01. The molecule has 1 aromatic rings. The van der Waals surface area contributed by atoms with Gasteiger partial charge in [0.1, 0.15) is 0 Å². The van der Waals surface area contributed by atoms with Crippen LogP contribution in [0.5, 0.6) is 0 Å². The van der Waals surface area contributed by atoms with Crippen LogP contribution in [-0.2, 0) is 4.79 Å². The molecule has 1 heterocycles. The Labute approximate surface area is 87.7 Å². The van der Waals surface area contributed by atoms with E-state index < -0.39 is 0 Å². The van der Waals surface area contributed by atoms with Gasteiger partial charge in [0.2, 0.25) is 5.91 Å². The molecule has 4 nitrogen and oxygen atoms in total. The average Bonchev–Trinajstić information content (AvgIpc) is 2.52. The fourth-order valence-electron chi connectivity index (χ4n) is 0.973. The first-order valence-corrected chi connectivity index (χ1v) is 5.47. The molecule has 0 aliphatic heterocycles. The molecule has 1 amide bonds. The van der Waals surface area contributed by atoms with Crippen molar-refractivity contribution in [1.29, 1.82) is 0 Å². The summed E-state index contributed by atoms with van der Waals surface area (Å²) < 4.78 is 0. The van der Waals surface area contributed by atoms with Crippen molar-refractivity contribution in [2.45, 2.75) is 20.3 Å². The van der Waals surface area contributed by atoms with Crippen LogP contribution in [0, 0.1) is 6.92 Å². The molecule has 0 radical (unpaired) electrons. The Bertz CT molecular complexity index is 298. The molecule has 0 unspecified atom stereocenters. The fraction of sp³-hybridized carbons (Fsp3) is 0.556. The summed E-state index contributed by atoms with van der Waals surface area (Å²) in [6.07, 6.45) is 2.25. The minimum absolute atomic E-state index is 0.0142. The number of thiazole rings is 1. The van der Waals surface area contributed by atoms with Gasteiger partial charge in [-0.2, -0.15) is 0 Å². The summed E-state index contributed by atoms with van der Waals surface area (Å²) in [6.45, 7) is 5.59. The third kappa shape index (κ3) is 3.85. The highest BCUT2D eigenvalue weighted by Gasteiger charge is 2.03. The Morgan fingerprint density at radius 2 is 2.43 bits per heavy atom. The maximum atomic E-state index is 11.3. The number of aromatic nitrogens is 1. The molecule has 0 fully saturated rings. The minimum atomic E-state index is 0.0142. The molecular formula is C9H15N3OS. The van der Waals surface area contributed by atoms with Gasteiger partial charge < -0.3 is 10.6 Å². The molecule has 0 aliphatic rings. The number of rotatable bonds is 5. The van der Waals surface area contributed by atoms with Gasteiger partial charge in [0, 0.05) is 24.0 Å². The number of hydrogen-bond donors (Lipinski definition) is 2. The zero-order valence-electron chi connectivity index (χ0n) is 8.46. The van der Waals surface area contributed by atoms with Gasteiger partial charge in [-0.1, -0.05) is 6.92 Å².